The van der Waals surface area contributed by atoms with Gasteiger partial charge in [-0.05, 0) is 6.07 Å². The summed E-state index contributed by atoms with van der Waals surface area (Å²) in [6.07, 6.45) is 3.31. The molecule has 0 amide bonds. The number of fused-ring (bicyclic) bond motifs is 1. The number of nitrogens with zero attached hydrogens (tertiary/aromatic N) is 2. The van der Waals surface area contributed by atoms with Crippen LogP contribution in [0.5, 0.6) is 11.5 Å². The van der Waals surface area contributed by atoms with Crippen molar-refractivity contribution in [2.24, 2.45) is 0 Å². The highest BCUT2D eigenvalue weighted by Crippen LogP contribution is 2.32. The van der Waals surface area contributed by atoms with Gasteiger partial charge in [0.15, 0.2) is 11.5 Å². The number of aromatic nitrogens is 3. The van der Waals surface area contributed by atoms with Gasteiger partial charge in [-0.3, -0.25) is 4.98 Å². The molecule has 0 aliphatic carbocycles. The van der Waals surface area contributed by atoms with Crippen LogP contribution in [-0.2, 0) is 0 Å². The lowest BCUT2D eigenvalue weighted by atomic mass is 10.2. The molecule has 2 aromatic heterocycles. The third-order valence-corrected chi connectivity index (χ3v) is 3.02. The fraction of sp³-hybridized carbons (Fsp3) is 0.143. The maximum Gasteiger partial charge on any atom is 0.163 e. The second-order valence-electron chi connectivity index (χ2n) is 4.32. The van der Waals surface area contributed by atoms with E-state index in [0.29, 0.717) is 23.0 Å². The van der Waals surface area contributed by atoms with Crippen molar-refractivity contribution in [2.75, 3.05) is 20.0 Å². The molecule has 0 saturated heterocycles. The Balaban J connectivity index is 2.15. The fourth-order valence-corrected chi connectivity index (χ4v) is 2.06. The van der Waals surface area contributed by atoms with Crippen molar-refractivity contribution in [3.8, 4) is 22.9 Å². The number of imidazole rings is 1. The maximum atomic E-state index is 5.74. The van der Waals surface area contributed by atoms with Crippen molar-refractivity contribution in [2.45, 2.75) is 0 Å². The molecule has 0 aliphatic heterocycles. The zero-order valence-corrected chi connectivity index (χ0v) is 11.2. The van der Waals surface area contributed by atoms with Gasteiger partial charge in [0.05, 0.1) is 30.9 Å². The Morgan fingerprint density at radius 3 is 2.50 bits per heavy atom. The first-order valence-electron chi connectivity index (χ1n) is 6.04. The number of nitrogens with one attached hydrogen (secondary N) is 1. The molecule has 3 N–H and O–H groups in total. The molecule has 0 unspecified atom stereocenters. The van der Waals surface area contributed by atoms with Crippen molar-refractivity contribution >= 4 is 16.7 Å². The summed E-state index contributed by atoms with van der Waals surface area (Å²) in [6.45, 7) is 0. The van der Waals surface area contributed by atoms with E-state index in [4.69, 9.17) is 15.2 Å². The summed E-state index contributed by atoms with van der Waals surface area (Å²) in [5.74, 6) is 2.00. The van der Waals surface area contributed by atoms with Gasteiger partial charge in [0.2, 0.25) is 0 Å². The number of pyridine rings is 1. The molecule has 6 heteroatoms. The number of aromatic amines is 1. The molecule has 0 spiro atoms. The van der Waals surface area contributed by atoms with Crippen LogP contribution in [-0.4, -0.2) is 29.2 Å². The fourth-order valence-electron chi connectivity index (χ4n) is 2.06. The summed E-state index contributed by atoms with van der Waals surface area (Å²) in [7, 11) is 3.20. The number of nitrogen functional groups attached to an aromatic ring is 1. The summed E-state index contributed by atoms with van der Waals surface area (Å²) in [6, 6.07) is 5.50. The molecule has 1 aromatic carbocycles. The lowest BCUT2D eigenvalue weighted by molar-refractivity contribution is 0.356. The second-order valence-corrected chi connectivity index (χ2v) is 4.32. The number of anilines is 1. The zero-order valence-electron chi connectivity index (χ0n) is 11.2. The minimum atomic E-state index is 0.595. The topological polar surface area (TPSA) is 86.0 Å². The Bertz CT molecular complexity index is 726. The number of rotatable bonds is 3. The Labute approximate surface area is 115 Å². The number of hydrogen-bond donors (Lipinski definition) is 2. The van der Waals surface area contributed by atoms with Crippen LogP contribution in [0.25, 0.3) is 22.4 Å². The van der Waals surface area contributed by atoms with E-state index in [9.17, 15) is 0 Å². The minimum Gasteiger partial charge on any atom is -0.493 e. The van der Waals surface area contributed by atoms with Crippen molar-refractivity contribution in [3.63, 3.8) is 0 Å². The summed E-state index contributed by atoms with van der Waals surface area (Å²) < 4.78 is 10.5. The highest BCUT2D eigenvalue weighted by atomic mass is 16.5. The quantitative estimate of drug-likeness (QED) is 0.762. The van der Waals surface area contributed by atoms with Crippen LogP contribution in [0.3, 0.4) is 0 Å². The minimum absolute atomic E-state index is 0.595. The normalized spacial score (nSPS) is 10.7. The van der Waals surface area contributed by atoms with E-state index in [0.717, 1.165) is 16.6 Å². The molecule has 20 heavy (non-hydrogen) atoms. The second kappa shape index (κ2) is 4.73. The van der Waals surface area contributed by atoms with Crippen LogP contribution in [0, 0.1) is 0 Å². The van der Waals surface area contributed by atoms with Crippen molar-refractivity contribution in [3.05, 3.63) is 30.6 Å². The van der Waals surface area contributed by atoms with Crippen LogP contribution in [0.2, 0.25) is 0 Å². The maximum absolute atomic E-state index is 5.74. The number of hydrogen-bond acceptors (Lipinski definition) is 5. The third-order valence-electron chi connectivity index (χ3n) is 3.02. The third kappa shape index (κ3) is 2.01. The van der Waals surface area contributed by atoms with Gasteiger partial charge >= 0.3 is 0 Å². The monoisotopic (exact) mass is 270 g/mol. The molecule has 102 valence electrons. The van der Waals surface area contributed by atoms with Gasteiger partial charge in [0.1, 0.15) is 5.82 Å². The van der Waals surface area contributed by atoms with Gasteiger partial charge in [0, 0.05) is 30.1 Å². The van der Waals surface area contributed by atoms with Crippen molar-refractivity contribution in [1.29, 1.82) is 0 Å². The van der Waals surface area contributed by atoms with Crippen LogP contribution in [0.1, 0.15) is 0 Å². The molecule has 0 bridgehead atoms. The number of nitrogens with two attached hydrogens (primary N) is 1. The molecular weight excluding hydrogens is 256 g/mol. The predicted molar refractivity (Wildman–Crippen MR) is 76.8 cm³/mol. The highest BCUT2D eigenvalue weighted by molar-refractivity contribution is 5.83. The summed E-state index contributed by atoms with van der Waals surface area (Å²) >= 11 is 0. The number of ether oxygens (including phenoxy) is 2. The molecule has 3 rings (SSSR count). The molecule has 0 fully saturated rings. The standard InChI is InChI=1S/C14H14N4O2/c1-19-12-4-10-11(5-13(12)20-2)18-14(17-10)8-3-9(15)7-16-6-8/h3-7H,15H2,1-2H3,(H,17,18). The van der Waals surface area contributed by atoms with Crippen LogP contribution >= 0.6 is 0 Å². The summed E-state index contributed by atoms with van der Waals surface area (Å²) in [5, 5.41) is 0. The van der Waals surface area contributed by atoms with E-state index in [-0.39, 0.29) is 0 Å². The molecule has 2 heterocycles. The van der Waals surface area contributed by atoms with Crippen molar-refractivity contribution in [1.82, 2.24) is 15.0 Å². The van der Waals surface area contributed by atoms with Crippen molar-refractivity contribution < 1.29 is 9.47 Å². The first-order valence-corrected chi connectivity index (χ1v) is 6.04. The number of methoxy groups -OCH3 is 2. The molecular formula is C14H14N4O2. The van der Waals surface area contributed by atoms with Crippen LogP contribution < -0.4 is 15.2 Å². The molecule has 6 nitrogen and oxygen atoms in total. The van der Waals surface area contributed by atoms with Gasteiger partial charge in [-0.2, -0.15) is 0 Å². The molecule has 0 saturated carbocycles. The molecule has 3 aromatic rings. The van der Waals surface area contributed by atoms with Gasteiger partial charge in [-0.1, -0.05) is 0 Å². The average molecular weight is 270 g/mol. The molecule has 0 atom stereocenters. The van der Waals surface area contributed by atoms with Gasteiger partial charge in [-0.15, -0.1) is 0 Å². The predicted octanol–water partition coefficient (Wildman–Crippen LogP) is 2.22. The summed E-state index contributed by atoms with van der Waals surface area (Å²) in [4.78, 5) is 11.8. The smallest absolute Gasteiger partial charge is 0.163 e. The Kier molecular flexibility index (Phi) is 2.90. The largest absolute Gasteiger partial charge is 0.493 e. The molecule has 0 radical (unpaired) electrons. The number of H-pyrrole nitrogens is 1. The lowest BCUT2D eigenvalue weighted by Crippen LogP contribution is -1.89. The first kappa shape index (κ1) is 12.3. The highest BCUT2D eigenvalue weighted by Gasteiger charge is 2.11. The van der Waals surface area contributed by atoms with Gasteiger partial charge < -0.3 is 20.2 Å². The SMILES string of the molecule is COc1cc2nc(-c3cncc(N)c3)[nH]c2cc1OC. The Morgan fingerprint density at radius 1 is 1.05 bits per heavy atom. The molecule has 0 aliphatic rings. The van der Waals surface area contributed by atoms with Gasteiger partial charge in [-0.25, -0.2) is 4.98 Å². The van der Waals surface area contributed by atoms with E-state index in [1.54, 1.807) is 26.6 Å². The first-order chi connectivity index (χ1) is 9.71. The van der Waals surface area contributed by atoms with Gasteiger partial charge in [0.25, 0.3) is 0 Å². The zero-order chi connectivity index (χ0) is 14.1. The van der Waals surface area contributed by atoms with E-state index in [1.807, 2.05) is 18.2 Å². The van der Waals surface area contributed by atoms with E-state index in [2.05, 4.69) is 15.0 Å². The van der Waals surface area contributed by atoms with E-state index < -0.39 is 0 Å². The average Bonchev–Trinajstić information content (AvgIpc) is 2.88. The van der Waals surface area contributed by atoms with Crippen LogP contribution in [0.15, 0.2) is 30.6 Å². The van der Waals surface area contributed by atoms with E-state index in [1.165, 1.54) is 0 Å². The Hall–Kier alpha value is -2.76. The van der Waals surface area contributed by atoms with E-state index >= 15 is 0 Å². The summed E-state index contributed by atoms with van der Waals surface area (Å²) in [5.41, 5.74) is 8.82. The Morgan fingerprint density at radius 2 is 1.80 bits per heavy atom. The number of benzene rings is 1. The van der Waals surface area contributed by atoms with Crippen LogP contribution in [0.4, 0.5) is 5.69 Å². The lowest BCUT2D eigenvalue weighted by Gasteiger charge is -2.06.